The van der Waals surface area contributed by atoms with Crippen LogP contribution in [-0.4, -0.2) is 17.4 Å². The molecule has 5 heteroatoms. The van der Waals surface area contributed by atoms with Gasteiger partial charge in [-0.15, -0.1) is 0 Å². The SMILES string of the molecule is [AlH3].[Ce].[Pd].[Pt].[Zr]. The molecule has 0 aliphatic rings. The molecule has 0 aromatic carbocycles. The fourth-order valence-corrected chi connectivity index (χ4v) is 0. The van der Waals surface area contributed by atoms with Crippen molar-refractivity contribution in [2.75, 3.05) is 0 Å². The molecule has 0 aromatic rings. The molecule has 0 heterocycles. The van der Waals surface area contributed by atoms with Crippen LogP contribution in [0.3, 0.4) is 0 Å². The van der Waals surface area contributed by atoms with Gasteiger partial charge in [-0.1, -0.05) is 0 Å². The third-order valence-electron chi connectivity index (χ3n) is 0. The van der Waals surface area contributed by atoms with Crippen molar-refractivity contribution in [1.29, 1.82) is 0 Å². The van der Waals surface area contributed by atoms with Crippen molar-refractivity contribution in [2.24, 2.45) is 0 Å². The molecule has 0 fully saturated rings. The Morgan fingerprint density at radius 1 is 1.00 bits per heavy atom. The molecule has 0 aliphatic heterocycles. The molecule has 34 valence electrons. The van der Waals surface area contributed by atoms with Crippen molar-refractivity contribution in [3.63, 3.8) is 0 Å². The topological polar surface area (TPSA) is 0 Å². The minimum absolute atomic E-state index is 0. The van der Waals surface area contributed by atoms with Crippen LogP contribution < -0.4 is 0 Å². The summed E-state index contributed by atoms with van der Waals surface area (Å²) in [6.07, 6.45) is 0. The maximum absolute atomic E-state index is 0. The van der Waals surface area contributed by atoms with Crippen LogP contribution >= 0.6 is 0 Å². The molecule has 0 spiro atoms. The van der Waals surface area contributed by atoms with Crippen molar-refractivity contribution in [3.05, 3.63) is 0 Å². The fourth-order valence-electron chi connectivity index (χ4n) is 0. The summed E-state index contributed by atoms with van der Waals surface area (Å²) in [4.78, 5) is 0. The van der Waals surface area contributed by atoms with Gasteiger partial charge in [-0.25, -0.2) is 0 Å². The van der Waals surface area contributed by atoms with Gasteiger partial charge in [0.05, 0.1) is 0 Å². The van der Waals surface area contributed by atoms with E-state index in [0.29, 0.717) is 0 Å². The minimum Gasteiger partial charge on any atom is 0 e. The normalized spacial score (nSPS) is 0. The summed E-state index contributed by atoms with van der Waals surface area (Å²) in [5.41, 5.74) is 0. The van der Waals surface area contributed by atoms with Crippen molar-refractivity contribution < 1.29 is 109 Å². The zero-order valence-electron chi connectivity index (χ0n) is 1.63. The molecule has 0 amide bonds. The van der Waals surface area contributed by atoms with Gasteiger partial charge in [0, 0.05) is 109 Å². The predicted molar refractivity (Wildman–Crippen MR) is 9.94 cm³/mol. The molecule has 0 rings (SSSR count). The number of hydrogen-bond donors (Lipinski definition) is 0. The van der Waals surface area contributed by atoms with Crippen LogP contribution in [0.1, 0.15) is 0 Å². The summed E-state index contributed by atoms with van der Waals surface area (Å²) < 4.78 is 0. The molecular weight excluding hydrogens is 560 g/mol. The van der Waals surface area contributed by atoms with Gasteiger partial charge in [0.15, 0.2) is 17.4 Å². The third kappa shape index (κ3) is 17.9. The van der Waals surface area contributed by atoms with Crippen molar-refractivity contribution >= 4 is 17.4 Å². The molecule has 0 saturated carbocycles. The Kier molecular flexibility index (Phi) is 171. The first-order valence-electron chi connectivity index (χ1n) is 0. The Bertz CT molecular complexity index is 11.6. The molecule has 0 radical (unpaired) electrons. The smallest absolute Gasteiger partial charge is 0 e. The molecule has 0 atom stereocenters. The molecule has 0 aromatic heterocycles. The monoisotopic (exact) mass is 561 g/mol. The van der Waals surface area contributed by atoms with Crippen molar-refractivity contribution in [1.82, 2.24) is 0 Å². The molecule has 0 unspecified atom stereocenters. The minimum atomic E-state index is 0. The van der Waals surface area contributed by atoms with Gasteiger partial charge >= 0.3 is 0 Å². The van der Waals surface area contributed by atoms with E-state index in [1.54, 1.807) is 0 Å². The Hall–Kier alpha value is 4.14. The maximum atomic E-state index is 0. The largest absolute Gasteiger partial charge is 0.187 e. The Morgan fingerprint density at radius 2 is 1.00 bits per heavy atom. The molecule has 0 aliphatic carbocycles. The maximum Gasteiger partial charge on any atom is 0.187 e. The second kappa shape index (κ2) is 24.2. The average molecular weight is 563 g/mol. The summed E-state index contributed by atoms with van der Waals surface area (Å²) in [7, 11) is 0. The average Bonchev–Trinajstić information content (AvgIpc) is 0. The first-order chi connectivity index (χ1) is 0. The first-order valence-corrected chi connectivity index (χ1v) is 0. The summed E-state index contributed by atoms with van der Waals surface area (Å²) in [5, 5.41) is 0. The van der Waals surface area contributed by atoms with Crippen molar-refractivity contribution in [2.45, 2.75) is 0 Å². The van der Waals surface area contributed by atoms with Gasteiger partial charge < -0.3 is 0 Å². The summed E-state index contributed by atoms with van der Waals surface area (Å²) in [6.45, 7) is 0. The van der Waals surface area contributed by atoms with E-state index in [9.17, 15) is 0 Å². The summed E-state index contributed by atoms with van der Waals surface area (Å²) in [6, 6.07) is 0. The molecule has 0 N–H and O–H groups in total. The zero-order valence-corrected chi connectivity index (χ0v) is 11.1. The van der Waals surface area contributed by atoms with Crippen LogP contribution in [0.25, 0.3) is 0 Å². The predicted octanol–water partition coefficient (Wildman–Crippen LogP) is -1.19. The van der Waals surface area contributed by atoms with E-state index >= 15 is 0 Å². The molecule has 0 saturated heterocycles. The van der Waals surface area contributed by atoms with Gasteiger partial charge in [0.1, 0.15) is 0 Å². The Morgan fingerprint density at radius 3 is 1.00 bits per heavy atom. The van der Waals surface area contributed by atoms with E-state index in [4.69, 9.17) is 0 Å². The van der Waals surface area contributed by atoms with E-state index in [-0.39, 0.29) is 127 Å². The zero-order chi connectivity index (χ0) is 0. The van der Waals surface area contributed by atoms with Crippen LogP contribution in [0.15, 0.2) is 0 Å². The second-order valence-corrected chi connectivity index (χ2v) is 0. The quantitative estimate of drug-likeness (QED) is 0.326. The fraction of sp³-hybridized carbons (Fsp3) is 0. The van der Waals surface area contributed by atoms with E-state index in [1.807, 2.05) is 0 Å². The van der Waals surface area contributed by atoms with E-state index in [0.717, 1.165) is 0 Å². The third-order valence-corrected chi connectivity index (χ3v) is 0. The number of rotatable bonds is 0. The van der Waals surface area contributed by atoms with Gasteiger partial charge in [0.2, 0.25) is 0 Å². The summed E-state index contributed by atoms with van der Waals surface area (Å²) >= 11 is 0. The van der Waals surface area contributed by atoms with E-state index in [1.165, 1.54) is 0 Å². The van der Waals surface area contributed by atoms with Gasteiger partial charge in [0.25, 0.3) is 0 Å². The van der Waals surface area contributed by atoms with Crippen molar-refractivity contribution in [3.8, 4) is 0 Å². The van der Waals surface area contributed by atoms with E-state index < -0.39 is 0 Å². The standard InChI is InChI=1S/Al.Ce.Pd.Pt.Zr.3H. The van der Waals surface area contributed by atoms with Gasteiger partial charge in [-0.05, 0) is 0 Å². The van der Waals surface area contributed by atoms with Gasteiger partial charge in [-0.3, -0.25) is 0 Å². The van der Waals surface area contributed by atoms with Crippen LogP contribution in [-0.2, 0) is 67.7 Å². The molecule has 0 bridgehead atoms. The Labute approximate surface area is 124 Å². The molecular formula is H3AlCePdPtZr. The second-order valence-electron chi connectivity index (χ2n) is 0. The van der Waals surface area contributed by atoms with Crippen LogP contribution in [0.2, 0.25) is 0 Å². The first kappa shape index (κ1) is 35.3. The number of hydrogen-bond acceptors (Lipinski definition) is 0. The molecule has 5 heavy (non-hydrogen) atoms. The van der Waals surface area contributed by atoms with Crippen LogP contribution in [0.5, 0.6) is 0 Å². The van der Waals surface area contributed by atoms with Gasteiger partial charge in [-0.2, -0.15) is 0 Å². The summed E-state index contributed by atoms with van der Waals surface area (Å²) in [5.74, 6) is 0. The molecule has 0 nitrogen and oxygen atoms in total. The van der Waals surface area contributed by atoms with E-state index in [2.05, 4.69) is 0 Å². The Balaban J connectivity index is 0. The van der Waals surface area contributed by atoms with Crippen LogP contribution in [0, 0.1) is 41.7 Å². The van der Waals surface area contributed by atoms with Crippen LogP contribution in [0.4, 0.5) is 0 Å².